The molecule has 1 unspecified atom stereocenters. The van der Waals surface area contributed by atoms with Crippen LogP contribution in [0.5, 0.6) is 0 Å². The van der Waals surface area contributed by atoms with Crippen LogP contribution >= 0.6 is 35.3 Å². The van der Waals surface area contributed by atoms with Crippen LogP contribution in [0.4, 0.5) is 4.79 Å². The lowest BCUT2D eigenvalue weighted by Crippen LogP contribution is -2.63. The maximum absolute atomic E-state index is 12.2. The number of amides is 1. The number of carbonyl (C=O) groups excluding carboxylic acids is 1. The summed E-state index contributed by atoms with van der Waals surface area (Å²) in [4.78, 5) is 17.9. The summed E-state index contributed by atoms with van der Waals surface area (Å²) in [5, 5.41) is 18.0. The average Bonchev–Trinajstić information content (AvgIpc) is 3.08. The number of aliphatic hydroxyl groups is 1. The second kappa shape index (κ2) is 11.5. The van der Waals surface area contributed by atoms with Gasteiger partial charge in [-0.2, -0.15) is 0 Å². The Morgan fingerprint density at radius 2 is 2.10 bits per heavy atom. The molecule has 2 heterocycles. The molecule has 3 N–H and O–H groups in total. The number of guanidine groups is 1. The van der Waals surface area contributed by atoms with Crippen molar-refractivity contribution in [1.29, 1.82) is 0 Å². The van der Waals surface area contributed by atoms with Gasteiger partial charge in [-0.15, -0.1) is 35.3 Å². The van der Waals surface area contributed by atoms with Crippen molar-refractivity contribution in [2.75, 3.05) is 31.9 Å². The number of sulfone groups is 1. The molecule has 0 radical (unpaired) electrons. The number of thiophene rings is 1. The molecule has 0 bridgehead atoms. The van der Waals surface area contributed by atoms with Gasteiger partial charge in [-0.05, 0) is 39.1 Å². The van der Waals surface area contributed by atoms with Crippen LogP contribution in [0.2, 0.25) is 0 Å². The van der Waals surface area contributed by atoms with Gasteiger partial charge in [0.05, 0.1) is 24.4 Å². The van der Waals surface area contributed by atoms with Gasteiger partial charge >= 0.3 is 6.09 Å². The minimum atomic E-state index is -3.52. The number of hydrogen-bond donors (Lipinski definition) is 3. The van der Waals surface area contributed by atoms with Gasteiger partial charge in [0.15, 0.2) is 15.8 Å². The topological polar surface area (TPSA) is 120 Å². The zero-order chi connectivity index (χ0) is 21.7. The summed E-state index contributed by atoms with van der Waals surface area (Å²) in [5.41, 5.74) is -0.536. The molecule has 1 aromatic heterocycles. The van der Waals surface area contributed by atoms with E-state index in [2.05, 4.69) is 15.6 Å². The van der Waals surface area contributed by atoms with Gasteiger partial charge in [0, 0.05) is 19.6 Å². The van der Waals surface area contributed by atoms with Crippen molar-refractivity contribution < 1.29 is 23.1 Å². The lowest BCUT2D eigenvalue weighted by molar-refractivity contribution is 0.00700. The van der Waals surface area contributed by atoms with Crippen molar-refractivity contribution in [3.63, 3.8) is 0 Å². The highest BCUT2D eigenvalue weighted by molar-refractivity contribution is 14.0. The molecule has 30 heavy (non-hydrogen) atoms. The van der Waals surface area contributed by atoms with Crippen LogP contribution in [0.15, 0.2) is 26.7 Å². The van der Waals surface area contributed by atoms with E-state index in [1.54, 1.807) is 16.3 Å². The molecule has 0 spiro atoms. The number of nitrogens with zero attached hydrogens (tertiary/aromatic N) is 2. The number of nitrogens with one attached hydrogen (secondary N) is 2. The van der Waals surface area contributed by atoms with E-state index in [0.29, 0.717) is 25.6 Å². The molecule has 172 valence electrons. The van der Waals surface area contributed by atoms with Crippen molar-refractivity contribution in [3.8, 4) is 0 Å². The molecule has 1 aliphatic rings. The maximum Gasteiger partial charge on any atom is 0.410 e. The summed E-state index contributed by atoms with van der Waals surface area (Å²) in [6, 6.07) is 3.19. The number of aliphatic hydroxyl groups excluding tert-OH is 1. The van der Waals surface area contributed by atoms with Crippen LogP contribution in [-0.4, -0.2) is 80.2 Å². The fourth-order valence-electron chi connectivity index (χ4n) is 2.58. The first-order chi connectivity index (χ1) is 13.5. The van der Waals surface area contributed by atoms with Crippen LogP contribution in [-0.2, 0) is 14.6 Å². The summed E-state index contributed by atoms with van der Waals surface area (Å²) in [6.45, 7) is 8.88. The Morgan fingerprint density at radius 1 is 1.43 bits per heavy atom. The van der Waals surface area contributed by atoms with E-state index in [1.807, 2.05) is 27.7 Å². The fraction of sp³-hybridized carbons (Fsp3) is 0.667. The third-order valence-electron chi connectivity index (χ3n) is 3.89. The lowest BCUT2D eigenvalue weighted by atomic mass is 10.1. The SMILES string of the molecule is CCNC(=NCC(O)CS(=O)(=O)c1cccs1)NC1CN(C(=O)OC(C)(C)C)C1.I. The second-order valence-electron chi connectivity index (χ2n) is 7.81. The zero-order valence-electron chi connectivity index (χ0n) is 17.6. The summed E-state index contributed by atoms with van der Waals surface area (Å²) >= 11 is 1.13. The Hall–Kier alpha value is -1.12. The molecule has 0 aliphatic carbocycles. The predicted molar refractivity (Wildman–Crippen MR) is 129 cm³/mol. The number of likely N-dealkylation sites (tertiary alicyclic amines) is 1. The van der Waals surface area contributed by atoms with E-state index < -0.39 is 21.5 Å². The van der Waals surface area contributed by atoms with Gasteiger partial charge in [-0.1, -0.05) is 6.07 Å². The minimum Gasteiger partial charge on any atom is -0.444 e. The maximum atomic E-state index is 12.2. The minimum absolute atomic E-state index is 0. The molecular formula is C18H31IN4O5S2. The molecule has 1 atom stereocenters. The number of carbonyl (C=O) groups is 1. The van der Waals surface area contributed by atoms with E-state index in [1.165, 1.54) is 6.07 Å². The molecule has 0 saturated carbocycles. The summed E-state index contributed by atoms with van der Waals surface area (Å²) in [5.74, 6) is 0.0839. The summed E-state index contributed by atoms with van der Waals surface area (Å²) < 4.78 is 30.0. The van der Waals surface area contributed by atoms with Crippen LogP contribution in [0.1, 0.15) is 27.7 Å². The third kappa shape index (κ3) is 8.55. The molecule has 1 fully saturated rings. The largest absolute Gasteiger partial charge is 0.444 e. The fourth-order valence-corrected chi connectivity index (χ4v) is 5.05. The van der Waals surface area contributed by atoms with E-state index in [-0.39, 0.29) is 52.6 Å². The first-order valence-electron chi connectivity index (χ1n) is 9.47. The molecule has 12 heteroatoms. The van der Waals surface area contributed by atoms with Crippen molar-refractivity contribution in [2.24, 2.45) is 4.99 Å². The number of hydrogen-bond acceptors (Lipinski definition) is 7. The Kier molecular flexibility index (Phi) is 10.3. The molecule has 1 amide bonds. The van der Waals surface area contributed by atoms with Crippen LogP contribution in [0.25, 0.3) is 0 Å². The molecule has 1 aliphatic heterocycles. The number of aliphatic imine (C=N–C) groups is 1. The second-order valence-corrected chi connectivity index (χ2v) is 11.0. The molecular weight excluding hydrogens is 543 g/mol. The monoisotopic (exact) mass is 574 g/mol. The predicted octanol–water partition coefficient (Wildman–Crippen LogP) is 1.68. The quantitative estimate of drug-likeness (QED) is 0.258. The van der Waals surface area contributed by atoms with Crippen LogP contribution < -0.4 is 10.6 Å². The normalized spacial score (nSPS) is 16.3. The number of ether oxygens (including phenoxy) is 1. The summed E-state index contributed by atoms with van der Waals surface area (Å²) in [7, 11) is -3.52. The van der Waals surface area contributed by atoms with Gasteiger partial charge in [-0.3, -0.25) is 4.99 Å². The van der Waals surface area contributed by atoms with Crippen LogP contribution in [0, 0.1) is 0 Å². The Morgan fingerprint density at radius 3 is 2.63 bits per heavy atom. The Bertz CT molecular complexity index is 803. The van der Waals surface area contributed by atoms with Gasteiger partial charge < -0.3 is 25.4 Å². The number of rotatable bonds is 7. The van der Waals surface area contributed by atoms with Crippen molar-refractivity contribution in [2.45, 2.75) is 49.7 Å². The molecule has 1 saturated heterocycles. The zero-order valence-corrected chi connectivity index (χ0v) is 21.6. The van der Waals surface area contributed by atoms with E-state index in [4.69, 9.17) is 4.74 Å². The highest BCUT2D eigenvalue weighted by atomic mass is 127. The molecule has 1 aromatic rings. The smallest absolute Gasteiger partial charge is 0.410 e. The molecule has 0 aromatic carbocycles. The molecule has 9 nitrogen and oxygen atoms in total. The van der Waals surface area contributed by atoms with Crippen molar-refractivity contribution in [1.82, 2.24) is 15.5 Å². The average molecular weight is 575 g/mol. The summed E-state index contributed by atoms with van der Waals surface area (Å²) in [6.07, 6.45) is -1.47. The first kappa shape index (κ1) is 26.9. The Balaban J connectivity index is 0.00000450. The first-order valence-corrected chi connectivity index (χ1v) is 12.0. The Labute approximate surface area is 199 Å². The third-order valence-corrected chi connectivity index (χ3v) is 7.18. The standard InChI is InChI=1S/C18H30N4O5S2.HI/c1-5-19-16(21-13-10-22(11-13)17(24)27-18(2,3)4)20-9-14(23)12-29(25,26)15-7-6-8-28-15;/h6-8,13-14,23H,5,9-12H2,1-4H3,(H2,19,20,21);1H. The van der Waals surface area contributed by atoms with Gasteiger partial charge in [-0.25, -0.2) is 13.2 Å². The van der Waals surface area contributed by atoms with Crippen molar-refractivity contribution in [3.05, 3.63) is 17.5 Å². The van der Waals surface area contributed by atoms with Crippen LogP contribution in [0.3, 0.4) is 0 Å². The van der Waals surface area contributed by atoms with Crippen molar-refractivity contribution >= 4 is 57.2 Å². The number of halogens is 1. The lowest BCUT2D eigenvalue weighted by Gasteiger charge is -2.40. The highest BCUT2D eigenvalue weighted by Crippen LogP contribution is 2.18. The van der Waals surface area contributed by atoms with E-state index in [9.17, 15) is 18.3 Å². The van der Waals surface area contributed by atoms with E-state index >= 15 is 0 Å². The van der Waals surface area contributed by atoms with Gasteiger partial charge in [0.2, 0.25) is 0 Å². The van der Waals surface area contributed by atoms with Gasteiger partial charge in [0.25, 0.3) is 0 Å². The highest BCUT2D eigenvalue weighted by Gasteiger charge is 2.34. The molecule has 2 rings (SSSR count). The van der Waals surface area contributed by atoms with E-state index in [0.717, 1.165) is 11.3 Å². The van der Waals surface area contributed by atoms with Gasteiger partial charge in [0.1, 0.15) is 9.81 Å².